The van der Waals surface area contributed by atoms with Crippen LogP contribution in [0.1, 0.15) is 43.7 Å². The van der Waals surface area contributed by atoms with Gasteiger partial charge in [0.15, 0.2) is 0 Å². The number of hydrogen-bond donors (Lipinski definition) is 3. The molecule has 37 heavy (non-hydrogen) atoms. The molecule has 3 aromatic rings. The number of aromatic nitrogens is 1. The standard InChI is InChI=1S/C25H24N4O7S/c1-2-36-22(30)16-28-25(33)21-13-10-19(15-26-21)24(32)29-37(34,35)20-11-8-18(9-12-20)23(31)27-14-17-6-4-3-5-7-17/h3-13,15H,2,14,16H2,1H3,(H,27,31)(H,28,33)(H,29,32). The maximum absolute atomic E-state index is 12.6. The van der Waals surface area contributed by atoms with Gasteiger partial charge in [-0.25, -0.2) is 13.1 Å². The summed E-state index contributed by atoms with van der Waals surface area (Å²) in [6.07, 6.45) is 1.03. The van der Waals surface area contributed by atoms with Crippen molar-refractivity contribution in [1.82, 2.24) is 20.3 Å². The van der Waals surface area contributed by atoms with Gasteiger partial charge in [-0.3, -0.25) is 24.2 Å². The van der Waals surface area contributed by atoms with E-state index in [1.807, 2.05) is 35.1 Å². The van der Waals surface area contributed by atoms with Gasteiger partial charge in [0, 0.05) is 18.3 Å². The molecule has 0 aliphatic carbocycles. The number of sulfonamides is 1. The van der Waals surface area contributed by atoms with Crippen LogP contribution >= 0.6 is 0 Å². The van der Waals surface area contributed by atoms with Gasteiger partial charge in [0.1, 0.15) is 12.2 Å². The van der Waals surface area contributed by atoms with Crippen LogP contribution in [0.2, 0.25) is 0 Å². The maximum atomic E-state index is 12.6. The van der Waals surface area contributed by atoms with Gasteiger partial charge in [-0.15, -0.1) is 0 Å². The Balaban J connectivity index is 1.58. The predicted molar refractivity (Wildman–Crippen MR) is 132 cm³/mol. The van der Waals surface area contributed by atoms with Crippen molar-refractivity contribution in [2.24, 2.45) is 0 Å². The quantitative estimate of drug-likeness (QED) is 0.336. The minimum absolute atomic E-state index is 0.0789. The van der Waals surface area contributed by atoms with Crippen molar-refractivity contribution < 1.29 is 32.3 Å². The zero-order valence-electron chi connectivity index (χ0n) is 19.8. The minimum Gasteiger partial charge on any atom is -0.465 e. The molecule has 0 bridgehead atoms. The summed E-state index contributed by atoms with van der Waals surface area (Å²) < 4.78 is 31.9. The van der Waals surface area contributed by atoms with Crippen molar-refractivity contribution in [2.45, 2.75) is 18.4 Å². The molecule has 1 aromatic heterocycles. The van der Waals surface area contributed by atoms with Crippen LogP contribution in [0.3, 0.4) is 0 Å². The highest BCUT2D eigenvalue weighted by molar-refractivity contribution is 7.90. The van der Waals surface area contributed by atoms with E-state index in [0.717, 1.165) is 11.8 Å². The highest BCUT2D eigenvalue weighted by atomic mass is 32.2. The van der Waals surface area contributed by atoms with E-state index in [0.29, 0.717) is 6.54 Å². The van der Waals surface area contributed by atoms with Crippen LogP contribution in [0.25, 0.3) is 0 Å². The lowest BCUT2D eigenvalue weighted by Gasteiger charge is -2.09. The van der Waals surface area contributed by atoms with Gasteiger partial charge in [0.25, 0.3) is 27.7 Å². The molecule has 12 heteroatoms. The fraction of sp³-hybridized carbons (Fsp3) is 0.160. The Morgan fingerprint density at radius 1 is 0.811 bits per heavy atom. The molecule has 1 heterocycles. The number of nitrogens with zero attached hydrogens (tertiary/aromatic N) is 1. The van der Waals surface area contributed by atoms with Crippen LogP contribution in [0.15, 0.2) is 77.8 Å². The molecule has 0 saturated heterocycles. The van der Waals surface area contributed by atoms with Crippen LogP contribution in [-0.4, -0.2) is 50.2 Å². The van der Waals surface area contributed by atoms with Crippen LogP contribution in [0.5, 0.6) is 0 Å². The largest absolute Gasteiger partial charge is 0.465 e. The van der Waals surface area contributed by atoms with E-state index >= 15 is 0 Å². The number of benzene rings is 2. The van der Waals surface area contributed by atoms with E-state index in [2.05, 4.69) is 15.6 Å². The Bertz CT molecular complexity index is 1370. The topological polar surface area (TPSA) is 161 Å². The molecule has 0 spiro atoms. The summed E-state index contributed by atoms with van der Waals surface area (Å²) in [5, 5.41) is 5.06. The third-order valence-electron chi connectivity index (χ3n) is 4.91. The van der Waals surface area contributed by atoms with Crippen molar-refractivity contribution in [1.29, 1.82) is 0 Å². The number of esters is 1. The maximum Gasteiger partial charge on any atom is 0.325 e. The Hall–Kier alpha value is -4.58. The predicted octanol–water partition coefficient (Wildman–Crippen LogP) is 1.42. The molecular formula is C25H24N4O7S. The first kappa shape index (κ1) is 27.0. The van der Waals surface area contributed by atoms with E-state index in [4.69, 9.17) is 4.74 Å². The molecule has 0 unspecified atom stereocenters. The van der Waals surface area contributed by atoms with Crippen LogP contribution < -0.4 is 15.4 Å². The second kappa shape index (κ2) is 12.4. The molecule has 0 radical (unpaired) electrons. The first-order valence-electron chi connectivity index (χ1n) is 11.1. The third-order valence-corrected chi connectivity index (χ3v) is 6.25. The molecule has 0 fully saturated rings. The van der Waals surface area contributed by atoms with Crippen LogP contribution in [0.4, 0.5) is 0 Å². The fourth-order valence-electron chi connectivity index (χ4n) is 3.02. The summed E-state index contributed by atoms with van der Waals surface area (Å²) in [4.78, 5) is 51.7. The van der Waals surface area contributed by atoms with E-state index in [1.54, 1.807) is 6.92 Å². The highest BCUT2D eigenvalue weighted by Gasteiger charge is 2.20. The smallest absolute Gasteiger partial charge is 0.325 e. The first-order chi connectivity index (χ1) is 17.7. The minimum atomic E-state index is -4.25. The summed E-state index contributed by atoms with van der Waals surface area (Å²) in [5.41, 5.74) is 0.979. The van der Waals surface area contributed by atoms with E-state index in [-0.39, 0.29) is 40.8 Å². The van der Waals surface area contributed by atoms with Gasteiger partial charge >= 0.3 is 5.97 Å². The Labute approximate surface area is 213 Å². The molecule has 11 nitrogen and oxygen atoms in total. The van der Waals surface area contributed by atoms with E-state index in [9.17, 15) is 27.6 Å². The zero-order chi connectivity index (χ0) is 26.8. The third kappa shape index (κ3) is 7.70. The summed E-state index contributed by atoms with van der Waals surface area (Å²) in [5.74, 6) is -2.62. The Kier molecular flexibility index (Phi) is 9.05. The van der Waals surface area contributed by atoms with Gasteiger partial charge in [0.05, 0.1) is 17.1 Å². The molecule has 0 saturated carbocycles. The molecule has 192 valence electrons. The number of nitrogens with one attached hydrogen (secondary N) is 3. The van der Waals surface area contributed by atoms with E-state index < -0.39 is 27.8 Å². The molecule has 3 N–H and O–H groups in total. The van der Waals surface area contributed by atoms with Crippen LogP contribution in [0, 0.1) is 0 Å². The number of amides is 3. The molecule has 0 aliphatic rings. The lowest BCUT2D eigenvalue weighted by molar-refractivity contribution is -0.141. The first-order valence-corrected chi connectivity index (χ1v) is 12.6. The van der Waals surface area contributed by atoms with Crippen molar-refractivity contribution in [3.63, 3.8) is 0 Å². The number of pyridine rings is 1. The number of ether oxygens (including phenoxy) is 1. The van der Waals surface area contributed by atoms with E-state index in [1.165, 1.54) is 36.4 Å². The van der Waals surface area contributed by atoms with Crippen molar-refractivity contribution in [3.8, 4) is 0 Å². The summed E-state index contributed by atoms with van der Waals surface area (Å²) >= 11 is 0. The lowest BCUT2D eigenvalue weighted by atomic mass is 10.2. The number of carbonyl (C=O) groups is 4. The lowest BCUT2D eigenvalue weighted by Crippen LogP contribution is -2.32. The second-order valence-electron chi connectivity index (χ2n) is 7.55. The monoisotopic (exact) mass is 524 g/mol. The summed E-state index contributed by atoms with van der Waals surface area (Å²) in [6, 6.07) is 16.8. The molecule has 0 atom stereocenters. The molecular weight excluding hydrogens is 500 g/mol. The normalized spacial score (nSPS) is 10.7. The van der Waals surface area contributed by atoms with Crippen molar-refractivity contribution >= 4 is 33.7 Å². The van der Waals surface area contributed by atoms with Gasteiger partial charge in [-0.05, 0) is 48.9 Å². The van der Waals surface area contributed by atoms with Crippen LogP contribution in [-0.2, 0) is 26.1 Å². The van der Waals surface area contributed by atoms with Gasteiger partial charge < -0.3 is 15.4 Å². The molecule has 2 aromatic carbocycles. The fourth-order valence-corrected chi connectivity index (χ4v) is 4.00. The molecule has 3 amide bonds. The molecule has 0 aliphatic heterocycles. The average Bonchev–Trinajstić information content (AvgIpc) is 2.91. The number of rotatable bonds is 10. The van der Waals surface area contributed by atoms with Gasteiger partial charge in [-0.2, -0.15) is 0 Å². The second-order valence-corrected chi connectivity index (χ2v) is 9.23. The Morgan fingerprint density at radius 3 is 2.11 bits per heavy atom. The Morgan fingerprint density at radius 2 is 1.49 bits per heavy atom. The summed E-state index contributed by atoms with van der Waals surface area (Å²) in [6.45, 7) is 1.78. The van der Waals surface area contributed by atoms with Crippen molar-refractivity contribution in [2.75, 3.05) is 13.2 Å². The van der Waals surface area contributed by atoms with Gasteiger partial charge in [-0.1, -0.05) is 30.3 Å². The summed E-state index contributed by atoms with van der Waals surface area (Å²) in [7, 11) is -4.25. The average molecular weight is 525 g/mol. The van der Waals surface area contributed by atoms with Gasteiger partial charge in [0.2, 0.25) is 0 Å². The molecule has 3 rings (SSSR count). The number of hydrogen-bond acceptors (Lipinski definition) is 8. The highest BCUT2D eigenvalue weighted by Crippen LogP contribution is 2.12. The SMILES string of the molecule is CCOC(=O)CNC(=O)c1ccc(C(=O)NS(=O)(=O)c2ccc(C(=O)NCc3ccccc3)cc2)cn1. The number of carbonyl (C=O) groups excluding carboxylic acids is 4. The van der Waals surface area contributed by atoms with Crippen molar-refractivity contribution in [3.05, 3.63) is 95.3 Å². The zero-order valence-corrected chi connectivity index (χ0v) is 20.6.